The van der Waals surface area contributed by atoms with Gasteiger partial charge in [0.2, 0.25) is 0 Å². The second-order valence-electron chi connectivity index (χ2n) is 15.4. The fourth-order valence-corrected chi connectivity index (χ4v) is 8.40. The Labute approximate surface area is 301 Å². The van der Waals surface area contributed by atoms with Crippen molar-refractivity contribution in [3.63, 3.8) is 0 Å². The highest BCUT2D eigenvalue weighted by Crippen LogP contribution is 2.54. The number of unbranched alkanes of at least 4 members (excludes halogenated alkanes) is 22. The van der Waals surface area contributed by atoms with Crippen molar-refractivity contribution in [3.8, 4) is 0 Å². The number of hydrogen-bond donors (Lipinski definition) is 4. The summed E-state index contributed by atoms with van der Waals surface area (Å²) in [7, 11) is 0. The SMILES string of the molecule is CCCCCCCCCCC(CCCCCCCC)C(CCCCCCCC)(CCCCCCCC)C(C(=O)O)C(O)(CC(=O)O)C(=O)O. The summed E-state index contributed by atoms with van der Waals surface area (Å²) in [4.78, 5) is 38.4. The van der Waals surface area contributed by atoms with E-state index in [1.165, 1.54) is 51.4 Å². The summed E-state index contributed by atoms with van der Waals surface area (Å²) in [6, 6.07) is 0. The smallest absolute Gasteiger partial charge is 0.337 e. The van der Waals surface area contributed by atoms with Crippen LogP contribution in [0.15, 0.2) is 0 Å². The standard InChI is InChI=1S/C42H80O7/c1-5-9-13-17-21-22-24-28-32-36(31-27-23-18-14-10-6-2)41(33-29-25-19-15-11-7-3,34-30-26-20-16-12-8-4)38(39(45)46)42(49,40(47)48)35-37(43)44/h36,38,49H,5-35H2,1-4H3,(H,43,44)(H,45,46)(H,47,48). The van der Waals surface area contributed by atoms with Crippen molar-refractivity contribution in [2.75, 3.05) is 0 Å². The van der Waals surface area contributed by atoms with Crippen molar-refractivity contribution in [1.82, 2.24) is 0 Å². The second-order valence-corrected chi connectivity index (χ2v) is 15.4. The van der Waals surface area contributed by atoms with Crippen LogP contribution in [0.3, 0.4) is 0 Å². The molecule has 0 fully saturated rings. The highest BCUT2D eigenvalue weighted by Gasteiger charge is 2.60. The Morgan fingerprint density at radius 1 is 0.469 bits per heavy atom. The molecule has 3 unspecified atom stereocenters. The number of carbonyl (C=O) groups is 3. The summed E-state index contributed by atoms with van der Waals surface area (Å²) >= 11 is 0. The quantitative estimate of drug-likeness (QED) is 0.0475. The number of carboxylic acid groups (broad SMARTS) is 3. The van der Waals surface area contributed by atoms with Crippen LogP contribution in [0.1, 0.15) is 227 Å². The molecule has 0 radical (unpaired) electrons. The van der Waals surface area contributed by atoms with Crippen LogP contribution in [0.25, 0.3) is 0 Å². The molecule has 49 heavy (non-hydrogen) atoms. The summed E-state index contributed by atoms with van der Waals surface area (Å²) in [5.41, 5.74) is -3.89. The normalized spacial score (nSPS) is 14.4. The van der Waals surface area contributed by atoms with E-state index in [9.17, 15) is 34.8 Å². The van der Waals surface area contributed by atoms with Gasteiger partial charge in [-0.05, 0) is 37.0 Å². The minimum atomic E-state index is -2.89. The Kier molecular flexibility index (Phi) is 29.0. The molecule has 0 spiro atoms. The molecule has 7 nitrogen and oxygen atoms in total. The molecule has 4 N–H and O–H groups in total. The summed E-state index contributed by atoms with van der Waals surface area (Å²) in [5, 5.41) is 43.1. The third-order valence-electron chi connectivity index (χ3n) is 11.2. The van der Waals surface area contributed by atoms with Crippen molar-refractivity contribution in [3.05, 3.63) is 0 Å². The first kappa shape index (κ1) is 47.4. The van der Waals surface area contributed by atoms with Crippen LogP contribution in [0, 0.1) is 17.3 Å². The van der Waals surface area contributed by atoms with Gasteiger partial charge in [-0.1, -0.05) is 195 Å². The van der Waals surface area contributed by atoms with Crippen molar-refractivity contribution in [2.24, 2.45) is 17.3 Å². The fraction of sp³-hybridized carbons (Fsp3) is 0.929. The van der Waals surface area contributed by atoms with Crippen molar-refractivity contribution >= 4 is 17.9 Å². The third kappa shape index (κ3) is 20.1. The van der Waals surface area contributed by atoms with Gasteiger partial charge in [-0.25, -0.2) is 4.79 Å². The third-order valence-corrected chi connectivity index (χ3v) is 11.2. The van der Waals surface area contributed by atoms with E-state index >= 15 is 0 Å². The van der Waals surface area contributed by atoms with E-state index in [1.807, 2.05) is 0 Å². The van der Waals surface area contributed by atoms with Crippen molar-refractivity contribution < 1.29 is 34.8 Å². The Balaban J connectivity index is 6.80. The summed E-state index contributed by atoms with van der Waals surface area (Å²) < 4.78 is 0. The maximum Gasteiger partial charge on any atom is 0.337 e. The maximum absolute atomic E-state index is 13.5. The molecule has 3 atom stereocenters. The van der Waals surface area contributed by atoms with Crippen LogP contribution in [-0.2, 0) is 14.4 Å². The molecule has 290 valence electrons. The van der Waals surface area contributed by atoms with Crippen LogP contribution < -0.4 is 0 Å². The van der Waals surface area contributed by atoms with Crippen LogP contribution in [0.2, 0.25) is 0 Å². The molecule has 0 aliphatic rings. The average molecular weight is 697 g/mol. The lowest BCUT2D eigenvalue weighted by atomic mass is 9.54. The molecule has 0 saturated heterocycles. The minimum Gasteiger partial charge on any atom is -0.481 e. The van der Waals surface area contributed by atoms with Gasteiger partial charge in [0.15, 0.2) is 5.60 Å². The summed E-state index contributed by atoms with van der Waals surface area (Å²) in [6.45, 7) is 8.77. The molecule has 0 aromatic rings. The topological polar surface area (TPSA) is 132 Å². The lowest BCUT2D eigenvalue weighted by molar-refractivity contribution is -0.194. The van der Waals surface area contributed by atoms with E-state index in [0.29, 0.717) is 12.8 Å². The Morgan fingerprint density at radius 2 is 0.776 bits per heavy atom. The molecular weight excluding hydrogens is 616 g/mol. The number of hydrogen-bond acceptors (Lipinski definition) is 4. The van der Waals surface area contributed by atoms with Gasteiger partial charge in [0.1, 0.15) is 5.92 Å². The first-order chi connectivity index (χ1) is 23.6. The number of rotatable bonds is 37. The van der Waals surface area contributed by atoms with Crippen molar-refractivity contribution in [2.45, 2.75) is 232 Å². The molecule has 0 aliphatic carbocycles. The van der Waals surface area contributed by atoms with Gasteiger partial charge in [-0.3, -0.25) is 9.59 Å². The van der Waals surface area contributed by atoms with E-state index in [1.54, 1.807) is 0 Å². The monoisotopic (exact) mass is 697 g/mol. The van der Waals surface area contributed by atoms with E-state index in [4.69, 9.17) is 0 Å². The highest BCUT2D eigenvalue weighted by molar-refractivity contribution is 5.90. The van der Waals surface area contributed by atoms with Gasteiger partial charge in [0, 0.05) is 0 Å². The van der Waals surface area contributed by atoms with E-state index < -0.39 is 41.3 Å². The maximum atomic E-state index is 13.5. The summed E-state index contributed by atoms with van der Waals surface area (Å²) in [6.07, 6.45) is 29.7. The first-order valence-electron chi connectivity index (χ1n) is 21.0. The zero-order chi connectivity index (χ0) is 36.8. The predicted molar refractivity (Wildman–Crippen MR) is 203 cm³/mol. The molecular formula is C42H80O7. The van der Waals surface area contributed by atoms with Gasteiger partial charge < -0.3 is 20.4 Å². The van der Waals surface area contributed by atoms with Crippen LogP contribution in [-0.4, -0.2) is 43.9 Å². The Hall–Kier alpha value is -1.63. The van der Waals surface area contributed by atoms with E-state index in [2.05, 4.69) is 27.7 Å². The molecule has 0 rings (SSSR count). The minimum absolute atomic E-state index is 0.0918. The van der Waals surface area contributed by atoms with Gasteiger partial charge in [-0.2, -0.15) is 0 Å². The fourth-order valence-electron chi connectivity index (χ4n) is 8.40. The zero-order valence-electron chi connectivity index (χ0n) is 32.6. The van der Waals surface area contributed by atoms with Gasteiger partial charge in [0.25, 0.3) is 0 Å². The largest absolute Gasteiger partial charge is 0.481 e. The van der Waals surface area contributed by atoms with Crippen LogP contribution in [0.4, 0.5) is 0 Å². The molecule has 0 heterocycles. The van der Waals surface area contributed by atoms with Crippen LogP contribution in [0.5, 0.6) is 0 Å². The molecule has 7 heteroatoms. The Bertz CT molecular complexity index is 812. The summed E-state index contributed by atoms with van der Waals surface area (Å²) in [5.74, 6) is -6.38. The molecule has 0 aromatic heterocycles. The van der Waals surface area contributed by atoms with Gasteiger partial charge in [0.05, 0.1) is 6.42 Å². The average Bonchev–Trinajstić information content (AvgIpc) is 3.05. The number of aliphatic hydroxyl groups is 1. The van der Waals surface area contributed by atoms with Gasteiger partial charge in [-0.15, -0.1) is 0 Å². The van der Waals surface area contributed by atoms with Crippen LogP contribution >= 0.6 is 0 Å². The molecule has 0 saturated carbocycles. The first-order valence-corrected chi connectivity index (χ1v) is 21.0. The lowest BCUT2D eigenvalue weighted by Gasteiger charge is -2.50. The molecule has 0 amide bonds. The van der Waals surface area contributed by atoms with E-state index in [0.717, 1.165) is 128 Å². The number of aliphatic carboxylic acids is 3. The molecule has 0 aromatic carbocycles. The van der Waals surface area contributed by atoms with Gasteiger partial charge >= 0.3 is 17.9 Å². The molecule has 0 bridgehead atoms. The Morgan fingerprint density at radius 3 is 1.06 bits per heavy atom. The predicted octanol–water partition coefficient (Wildman–Crippen LogP) is 12.4. The zero-order valence-corrected chi connectivity index (χ0v) is 32.6. The second kappa shape index (κ2) is 30.0. The van der Waals surface area contributed by atoms with Crippen molar-refractivity contribution in [1.29, 1.82) is 0 Å². The highest BCUT2D eigenvalue weighted by atomic mass is 16.4. The number of carboxylic acids is 3. The van der Waals surface area contributed by atoms with E-state index in [-0.39, 0.29) is 5.92 Å². The lowest BCUT2D eigenvalue weighted by Crippen LogP contribution is -2.59. The molecule has 0 aliphatic heterocycles.